The Morgan fingerprint density at radius 1 is 1.32 bits per heavy atom. The van der Waals surface area contributed by atoms with Gasteiger partial charge < -0.3 is 19.5 Å². The average Bonchev–Trinajstić information content (AvgIpc) is 2.81. The monoisotopic (exact) mass is 412 g/mol. The number of hydrogen-bond acceptors (Lipinski definition) is 6. The Balaban J connectivity index is 2.34. The molecule has 0 atom stereocenters. The molecule has 3 amide bonds. The van der Waals surface area contributed by atoms with Crippen LogP contribution in [0.5, 0.6) is 11.5 Å². The number of amides is 3. The van der Waals surface area contributed by atoms with Crippen LogP contribution in [0.4, 0.5) is 4.79 Å². The van der Waals surface area contributed by atoms with Gasteiger partial charge in [0.15, 0.2) is 18.1 Å². The highest BCUT2D eigenvalue weighted by molar-refractivity contribution is 9.10. The van der Waals surface area contributed by atoms with E-state index in [4.69, 9.17) is 9.47 Å². The SMILES string of the molecule is CCOc1cc(/C=C2/NC(=O)N(C)C2=O)cc(Br)c1OCC(=O)OC. The first-order valence-corrected chi connectivity index (χ1v) is 8.13. The molecule has 25 heavy (non-hydrogen) atoms. The van der Waals surface area contributed by atoms with Gasteiger partial charge in [-0.2, -0.15) is 0 Å². The topological polar surface area (TPSA) is 94.2 Å². The quantitative estimate of drug-likeness (QED) is 0.435. The zero-order valence-corrected chi connectivity index (χ0v) is 15.5. The fourth-order valence-corrected chi connectivity index (χ4v) is 2.63. The van der Waals surface area contributed by atoms with E-state index in [0.717, 1.165) is 4.90 Å². The number of hydrogen-bond donors (Lipinski definition) is 1. The number of urea groups is 1. The average molecular weight is 413 g/mol. The first-order chi connectivity index (χ1) is 11.9. The molecule has 0 radical (unpaired) electrons. The van der Waals surface area contributed by atoms with E-state index in [0.29, 0.717) is 28.1 Å². The van der Waals surface area contributed by atoms with Crippen molar-refractivity contribution < 1.29 is 28.6 Å². The van der Waals surface area contributed by atoms with Gasteiger partial charge in [0.2, 0.25) is 0 Å². The van der Waals surface area contributed by atoms with E-state index < -0.39 is 17.9 Å². The summed E-state index contributed by atoms with van der Waals surface area (Å²) in [5.74, 6) is -0.223. The molecule has 0 bridgehead atoms. The van der Waals surface area contributed by atoms with Crippen molar-refractivity contribution in [3.63, 3.8) is 0 Å². The molecule has 1 aliphatic rings. The van der Waals surface area contributed by atoms with Gasteiger partial charge in [-0.15, -0.1) is 0 Å². The number of methoxy groups -OCH3 is 1. The molecule has 134 valence electrons. The maximum absolute atomic E-state index is 11.9. The van der Waals surface area contributed by atoms with Gasteiger partial charge in [-0.3, -0.25) is 9.69 Å². The lowest BCUT2D eigenvalue weighted by Gasteiger charge is -2.14. The molecule has 1 heterocycles. The summed E-state index contributed by atoms with van der Waals surface area (Å²) in [6.45, 7) is 1.91. The molecule has 1 aromatic rings. The standard InChI is InChI=1S/C16H17BrN2O6/c1-4-24-12-7-9(6-11-15(21)19(2)16(22)18-11)5-10(17)14(12)25-8-13(20)23-3/h5-7H,4,8H2,1-3H3,(H,18,22)/b11-6+. The van der Waals surface area contributed by atoms with E-state index in [-0.39, 0.29) is 12.3 Å². The minimum atomic E-state index is -0.525. The first kappa shape index (κ1) is 18.8. The second-order valence-electron chi connectivity index (χ2n) is 4.98. The number of ether oxygens (including phenoxy) is 3. The molecular formula is C16H17BrN2O6. The number of imide groups is 1. The Bertz CT molecular complexity index is 746. The summed E-state index contributed by atoms with van der Waals surface area (Å²) in [6.07, 6.45) is 1.53. The number of esters is 1. The molecule has 0 unspecified atom stereocenters. The second-order valence-corrected chi connectivity index (χ2v) is 5.83. The number of carbonyl (C=O) groups excluding carboxylic acids is 3. The Hall–Kier alpha value is -2.55. The van der Waals surface area contributed by atoms with Crippen LogP contribution < -0.4 is 14.8 Å². The highest BCUT2D eigenvalue weighted by Gasteiger charge is 2.30. The van der Waals surface area contributed by atoms with Crippen molar-refractivity contribution in [2.45, 2.75) is 6.92 Å². The molecular weight excluding hydrogens is 396 g/mol. The molecule has 1 N–H and O–H groups in total. The molecule has 0 spiro atoms. The number of benzene rings is 1. The molecule has 9 heteroatoms. The zero-order valence-electron chi connectivity index (χ0n) is 13.9. The van der Waals surface area contributed by atoms with Crippen LogP contribution in [-0.2, 0) is 14.3 Å². The number of nitrogens with one attached hydrogen (secondary N) is 1. The maximum Gasteiger partial charge on any atom is 0.343 e. The molecule has 0 saturated carbocycles. The largest absolute Gasteiger partial charge is 0.490 e. The van der Waals surface area contributed by atoms with E-state index in [9.17, 15) is 14.4 Å². The van der Waals surface area contributed by atoms with Crippen LogP contribution >= 0.6 is 15.9 Å². The van der Waals surface area contributed by atoms with Crippen LogP contribution in [0.15, 0.2) is 22.3 Å². The van der Waals surface area contributed by atoms with Crippen LogP contribution in [0.1, 0.15) is 12.5 Å². The lowest BCUT2D eigenvalue weighted by Crippen LogP contribution is -2.25. The Labute approximate surface area is 152 Å². The fraction of sp³-hybridized carbons (Fsp3) is 0.312. The third-order valence-corrected chi connectivity index (χ3v) is 3.88. The van der Waals surface area contributed by atoms with E-state index >= 15 is 0 Å². The summed E-state index contributed by atoms with van der Waals surface area (Å²) in [5.41, 5.74) is 0.768. The van der Waals surface area contributed by atoms with Crippen LogP contribution in [-0.4, -0.2) is 50.2 Å². The van der Waals surface area contributed by atoms with Crippen molar-refractivity contribution in [3.05, 3.63) is 27.9 Å². The fourth-order valence-electron chi connectivity index (χ4n) is 2.05. The predicted octanol–water partition coefficient (Wildman–Crippen LogP) is 1.92. The molecule has 1 aliphatic heterocycles. The number of nitrogens with zero attached hydrogens (tertiary/aromatic N) is 1. The highest BCUT2D eigenvalue weighted by Crippen LogP contribution is 2.37. The summed E-state index contributed by atoms with van der Waals surface area (Å²) in [6, 6.07) is 2.84. The molecule has 1 fully saturated rings. The molecule has 8 nitrogen and oxygen atoms in total. The van der Waals surface area contributed by atoms with Gasteiger partial charge in [-0.05, 0) is 46.6 Å². The second kappa shape index (κ2) is 8.02. The van der Waals surface area contributed by atoms with Crippen LogP contribution in [0.2, 0.25) is 0 Å². The van der Waals surface area contributed by atoms with Gasteiger partial charge in [-0.1, -0.05) is 0 Å². The molecule has 0 aliphatic carbocycles. The van der Waals surface area contributed by atoms with Gasteiger partial charge in [-0.25, -0.2) is 9.59 Å². The van der Waals surface area contributed by atoms with Crippen molar-refractivity contribution in [2.75, 3.05) is 27.4 Å². The minimum absolute atomic E-state index is 0.157. The lowest BCUT2D eigenvalue weighted by atomic mass is 10.1. The molecule has 1 aromatic carbocycles. The van der Waals surface area contributed by atoms with Crippen molar-refractivity contribution in [1.82, 2.24) is 10.2 Å². The van der Waals surface area contributed by atoms with Gasteiger partial charge in [0, 0.05) is 7.05 Å². The van der Waals surface area contributed by atoms with Gasteiger partial charge in [0.1, 0.15) is 5.70 Å². The smallest absolute Gasteiger partial charge is 0.343 e. The summed E-state index contributed by atoms with van der Waals surface area (Å²) in [5, 5.41) is 2.49. The first-order valence-electron chi connectivity index (χ1n) is 7.34. The third-order valence-electron chi connectivity index (χ3n) is 3.29. The van der Waals surface area contributed by atoms with E-state index in [1.54, 1.807) is 19.1 Å². The summed E-state index contributed by atoms with van der Waals surface area (Å²) in [4.78, 5) is 35.7. The Morgan fingerprint density at radius 3 is 2.60 bits per heavy atom. The van der Waals surface area contributed by atoms with Gasteiger partial charge >= 0.3 is 12.0 Å². The van der Waals surface area contributed by atoms with Crippen molar-refractivity contribution in [1.29, 1.82) is 0 Å². The van der Waals surface area contributed by atoms with Crippen LogP contribution in [0.25, 0.3) is 6.08 Å². The van der Waals surface area contributed by atoms with Crippen molar-refractivity contribution >= 4 is 39.9 Å². The molecule has 2 rings (SSSR count). The van der Waals surface area contributed by atoms with Crippen molar-refractivity contribution in [2.24, 2.45) is 0 Å². The lowest BCUT2D eigenvalue weighted by molar-refractivity contribution is -0.143. The van der Waals surface area contributed by atoms with Crippen LogP contribution in [0, 0.1) is 0 Å². The molecule has 0 aromatic heterocycles. The van der Waals surface area contributed by atoms with E-state index in [1.165, 1.54) is 20.2 Å². The van der Waals surface area contributed by atoms with Crippen LogP contribution in [0.3, 0.4) is 0 Å². The number of halogens is 1. The van der Waals surface area contributed by atoms with Crippen molar-refractivity contribution in [3.8, 4) is 11.5 Å². The summed E-state index contributed by atoms with van der Waals surface area (Å²) in [7, 11) is 2.66. The molecule has 1 saturated heterocycles. The minimum Gasteiger partial charge on any atom is -0.490 e. The van der Waals surface area contributed by atoms with Gasteiger partial charge in [0.05, 0.1) is 18.2 Å². The predicted molar refractivity (Wildman–Crippen MR) is 92.1 cm³/mol. The zero-order chi connectivity index (χ0) is 18.6. The number of likely N-dealkylation sites (N-methyl/N-ethyl adjacent to an activating group) is 1. The normalized spacial score (nSPS) is 15.4. The number of rotatable bonds is 6. The Kier molecular flexibility index (Phi) is 6.02. The van der Waals surface area contributed by atoms with E-state index in [2.05, 4.69) is 26.0 Å². The summed E-state index contributed by atoms with van der Waals surface area (Å²) < 4.78 is 16.1. The van der Waals surface area contributed by atoms with E-state index in [1.807, 2.05) is 0 Å². The van der Waals surface area contributed by atoms with Gasteiger partial charge in [0.25, 0.3) is 5.91 Å². The highest BCUT2D eigenvalue weighted by atomic mass is 79.9. The Morgan fingerprint density at radius 2 is 2.04 bits per heavy atom. The third kappa shape index (κ3) is 4.30. The maximum atomic E-state index is 11.9. The summed E-state index contributed by atoms with van der Waals surface area (Å²) >= 11 is 3.36. The number of carbonyl (C=O) groups is 3.